The van der Waals surface area contributed by atoms with E-state index in [0.29, 0.717) is 24.5 Å². The topological polar surface area (TPSA) is 77.8 Å². The molecular formula is C26H31NO5. The number of ether oxygens (including phenoxy) is 4. The molecule has 2 rings (SSSR count). The third-order valence-corrected chi connectivity index (χ3v) is 4.52. The fourth-order valence-electron chi connectivity index (χ4n) is 2.84. The van der Waals surface area contributed by atoms with Crippen molar-refractivity contribution in [2.24, 2.45) is 0 Å². The summed E-state index contributed by atoms with van der Waals surface area (Å²) in [6, 6.07) is 16.6. The Hall–Kier alpha value is -3.46. The molecule has 6 nitrogen and oxygen atoms in total. The Labute approximate surface area is 190 Å². The first-order chi connectivity index (χ1) is 15.7. The summed E-state index contributed by atoms with van der Waals surface area (Å²) in [7, 11) is 0. The van der Waals surface area contributed by atoms with Crippen molar-refractivity contribution >= 4 is 12.0 Å². The molecule has 32 heavy (non-hydrogen) atoms. The largest absolute Gasteiger partial charge is 0.494 e. The lowest BCUT2D eigenvalue weighted by Gasteiger charge is -2.10. The second kappa shape index (κ2) is 14.5. The van der Waals surface area contributed by atoms with E-state index in [9.17, 15) is 4.79 Å². The number of esters is 1. The van der Waals surface area contributed by atoms with Crippen molar-refractivity contribution in [3.05, 3.63) is 59.7 Å². The van der Waals surface area contributed by atoms with E-state index in [1.807, 2.05) is 30.3 Å². The van der Waals surface area contributed by atoms with Crippen molar-refractivity contribution in [2.45, 2.75) is 39.5 Å². The van der Waals surface area contributed by atoms with Crippen LogP contribution in [0, 0.1) is 11.3 Å². The third-order valence-electron chi connectivity index (χ3n) is 4.52. The van der Waals surface area contributed by atoms with Gasteiger partial charge in [-0.25, -0.2) is 4.79 Å². The van der Waals surface area contributed by atoms with Crippen LogP contribution >= 0.6 is 0 Å². The van der Waals surface area contributed by atoms with Crippen LogP contribution in [0.4, 0.5) is 0 Å². The maximum absolute atomic E-state index is 11.7. The molecule has 0 aliphatic heterocycles. The molecule has 0 N–H and O–H groups in total. The highest BCUT2D eigenvalue weighted by Crippen LogP contribution is 2.19. The van der Waals surface area contributed by atoms with E-state index >= 15 is 0 Å². The molecule has 0 radical (unpaired) electrons. The molecule has 0 atom stereocenters. The van der Waals surface area contributed by atoms with E-state index in [1.165, 1.54) is 25.3 Å². The molecule has 2 aromatic rings. The van der Waals surface area contributed by atoms with Crippen molar-refractivity contribution in [3.63, 3.8) is 0 Å². The quantitative estimate of drug-likeness (QED) is 0.166. The zero-order valence-electron chi connectivity index (χ0n) is 18.8. The monoisotopic (exact) mass is 437 g/mol. The van der Waals surface area contributed by atoms with Crippen LogP contribution in [0.5, 0.6) is 17.2 Å². The third kappa shape index (κ3) is 9.13. The second-order valence-corrected chi connectivity index (χ2v) is 7.04. The minimum absolute atomic E-state index is 0.0400. The Morgan fingerprint density at radius 1 is 0.812 bits per heavy atom. The Morgan fingerprint density at radius 3 is 1.84 bits per heavy atom. The van der Waals surface area contributed by atoms with Crippen molar-refractivity contribution in [1.82, 2.24) is 0 Å². The van der Waals surface area contributed by atoms with E-state index in [0.717, 1.165) is 24.5 Å². The molecule has 170 valence electrons. The molecule has 0 saturated heterocycles. The van der Waals surface area contributed by atoms with Crippen LogP contribution in [0.1, 0.15) is 45.1 Å². The van der Waals surface area contributed by atoms with Crippen LogP contribution in [0.15, 0.2) is 54.1 Å². The van der Waals surface area contributed by atoms with Gasteiger partial charge in [-0.15, -0.1) is 0 Å². The van der Waals surface area contributed by atoms with Crippen LogP contribution in [0.2, 0.25) is 0 Å². The molecule has 0 spiro atoms. The molecule has 0 saturated carbocycles. The number of carbonyl (C=O) groups is 1. The molecule has 0 aliphatic carbocycles. The Bertz CT molecular complexity index is 882. The molecule has 0 aromatic heterocycles. The number of hydrogen-bond donors (Lipinski definition) is 0. The van der Waals surface area contributed by atoms with Gasteiger partial charge in [0.15, 0.2) is 0 Å². The van der Waals surface area contributed by atoms with Gasteiger partial charge in [-0.3, -0.25) is 0 Å². The summed E-state index contributed by atoms with van der Waals surface area (Å²) in [6.45, 7) is 5.65. The van der Waals surface area contributed by atoms with E-state index in [1.54, 1.807) is 31.2 Å². The van der Waals surface area contributed by atoms with Crippen LogP contribution in [0.3, 0.4) is 0 Å². The molecule has 0 fully saturated rings. The van der Waals surface area contributed by atoms with Gasteiger partial charge in [0.2, 0.25) is 0 Å². The number of hydrogen-bond acceptors (Lipinski definition) is 6. The number of carbonyl (C=O) groups excluding carboxylic acids is 1. The first kappa shape index (κ1) is 24.8. The van der Waals surface area contributed by atoms with Gasteiger partial charge in [0, 0.05) is 0 Å². The average Bonchev–Trinajstić information content (AvgIpc) is 2.82. The molecule has 0 amide bonds. The predicted octanol–water partition coefficient (Wildman–Crippen LogP) is 5.57. The molecule has 0 unspecified atom stereocenters. The molecule has 0 heterocycles. The average molecular weight is 438 g/mol. The predicted molar refractivity (Wildman–Crippen MR) is 124 cm³/mol. The Kier molecular flexibility index (Phi) is 11.3. The minimum Gasteiger partial charge on any atom is -0.494 e. The molecule has 6 heteroatoms. The van der Waals surface area contributed by atoms with Gasteiger partial charge in [0.1, 0.15) is 42.1 Å². The molecule has 0 aliphatic rings. The number of nitrogens with zero attached hydrogens (tertiary/aromatic N) is 1. The van der Waals surface area contributed by atoms with Crippen molar-refractivity contribution in [1.29, 1.82) is 5.26 Å². The van der Waals surface area contributed by atoms with Gasteiger partial charge in [0.05, 0.1) is 13.2 Å². The van der Waals surface area contributed by atoms with Crippen molar-refractivity contribution in [2.75, 3.05) is 26.4 Å². The van der Waals surface area contributed by atoms with Crippen LogP contribution in [0.25, 0.3) is 6.08 Å². The lowest BCUT2D eigenvalue weighted by molar-refractivity contribution is -0.137. The number of nitriles is 1. The fraction of sp³-hybridized carbons (Fsp3) is 0.385. The van der Waals surface area contributed by atoms with Gasteiger partial charge in [-0.1, -0.05) is 38.3 Å². The summed E-state index contributed by atoms with van der Waals surface area (Å²) in [4.78, 5) is 11.7. The smallest absolute Gasteiger partial charge is 0.348 e. The number of benzene rings is 2. The van der Waals surface area contributed by atoms with E-state index in [-0.39, 0.29) is 12.2 Å². The zero-order chi connectivity index (χ0) is 23.0. The summed E-state index contributed by atoms with van der Waals surface area (Å²) < 4.78 is 22.0. The van der Waals surface area contributed by atoms with Gasteiger partial charge in [-0.05, 0) is 61.4 Å². The SMILES string of the molecule is CCCCCCOc1ccc(OCCOc2ccc(/C=C(\C#N)C(=O)OCC)cc2)cc1. The summed E-state index contributed by atoms with van der Waals surface area (Å²) in [5.41, 5.74) is 0.674. The van der Waals surface area contributed by atoms with Crippen molar-refractivity contribution in [3.8, 4) is 23.3 Å². The Morgan fingerprint density at radius 2 is 1.34 bits per heavy atom. The van der Waals surface area contributed by atoms with E-state index < -0.39 is 5.97 Å². The molecular weight excluding hydrogens is 406 g/mol. The highest BCUT2D eigenvalue weighted by molar-refractivity contribution is 5.97. The van der Waals surface area contributed by atoms with Crippen LogP contribution in [-0.4, -0.2) is 32.4 Å². The number of unbranched alkanes of at least 4 members (excludes halogenated alkanes) is 3. The van der Waals surface area contributed by atoms with Gasteiger partial charge in [0.25, 0.3) is 0 Å². The van der Waals surface area contributed by atoms with E-state index in [2.05, 4.69) is 6.92 Å². The summed E-state index contributed by atoms with van der Waals surface area (Å²) >= 11 is 0. The maximum atomic E-state index is 11.7. The molecule has 0 bridgehead atoms. The first-order valence-corrected chi connectivity index (χ1v) is 11.0. The van der Waals surface area contributed by atoms with Gasteiger partial charge in [-0.2, -0.15) is 5.26 Å². The first-order valence-electron chi connectivity index (χ1n) is 11.0. The van der Waals surface area contributed by atoms with Gasteiger partial charge < -0.3 is 18.9 Å². The lowest BCUT2D eigenvalue weighted by atomic mass is 10.1. The maximum Gasteiger partial charge on any atom is 0.348 e. The molecule has 2 aromatic carbocycles. The normalized spacial score (nSPS) is 10.8. The standard InChI is InChI=1S/C26H31NO5/c1-3-5-6-7-16-30-24-12-14-25(15-13-24)32-18-17-31-23-10-8-21(9-11-23)19-22(20-27)26(28)29-4-2/h8-15,19H,3-7,16-18H2,1-2H3/b22-19+. The summed E-state index contributed by atoms with van der Waals surface area (Å²) in [5.74, 6) is 1.66. The highest BCUT2D eigenvalue weighted by Gasteiger charge is 2.09. The highest BCUT2D eigenvalue weighted by atomic mass is 16.5. The summed E-state index contributed by atoms with van der Waals surface area (Å²) in [6.07, 6.45) is 6.23. The fourth-order valence-corrected chi connectivity index (χ4v) is 2.84. The Balaban J connectivity index is 1.71. The van der Waals surface area contributed by atoms with Crippen molar-refractivity contribution < 1.29 is 23.7 Å². The number of rotatable bonds is 14. The minimum atomic E-state index is -0.626. The van der Waals surface area contributed by atoms with Crippen LogP contribution < -0.4 is 14.2 Å². The van der Waals surface area contributed by atoms with Gasteiger partial charge >= 0.3 is 5.97 Å². The lowest BCUT2D eigenvalue weighted by Crippen LogP contribution is -2.09. The second-order valence-electron chi connectivity index (χ2n) is 7.04. The van der Waals surface area contributed by atoms with E-state index in [4.69, 9.17) is 24.2 Å². The van der Waals surface area contributed by atoms with Crippen LogP contribution in [-0.2, 0) is 9.53 Å². The summed E-state index contributed by atoms with van der Waals surface area (Å²) in [5, 5.41) is 9.09. The zero-order valence-corrected chi connectivity index (χ0v) is 18.8.